The fourth-order valence-corrected chi connectivity index (χ4v) is 9.70. The van der Waals surface area contributed by atoms with Gasteiger partial charge in [0.25, 0.3) is 7.41 Å². The molecule has 0 aliphatic heterocycles. The maximum absolute atomic E-state index is 11.5. The van der Waals surface area contributed by atoms with E-state index in [1.165, 1.54) is 22.7 Å². The summed E-state index contributed by atoms with van der Waals surface area (Å²) < 4.78 is 18.5. The third-order valence-electron chi connectivity index (χ3n) is 10.6. The van der Waals surface area contributed by atoms with Crippen LogP contribution in [0.25, 0.3) is 64.9 Å². The van der Waals surface area contributed by atoms with E-state index < -0.39 is 0 Å². The molecule has 0 N–H and O–H groups in total. The van der Waals surface area contributed by atoms with Gasteiger partial charge in [0.1, 0.15) is 44.8 Å². The molecule has 9 aromatic rings. The van der Waals surface area contributed by atoms with Crippen molar-refractivity contribution in [3.05, 3.63) is 148 Å². The Morgan fingerprint density at radius 2 is 1.05 bits per heavy atom. The van der Waals surface area contributed by atoms with Gasteiger partial charge in [0.15, 0.2) is 0 Å². The van der Waals surface area contributed by atoms with Crippen LogP contribution < -0.4 is 25.6 Å². The number of thiazole rings is 2. The number of hydrogen-bond acceptors (Lipinski definition) is 8. The molecular formula is C51H42BN6O2S2. The highest BCUT2D eigenvalue weighted by atomic mass is 32.1. The molecule has 0 spiro atoms. The van der Waals surface area contributed by atoms with Gasteiger partial charge in [-0.15, -0.1) is 22.7 Å². The molecule has 8 nitrogen and oxygen atoms in total. The normalized spacial score (nSPS) is 12.5. The molecule has 62 heavy (non-hydrogen) atoms. The van der Waals surface area contributed by atoms with Crippen molar-refractivity contribution >= 4 is 77.9 Å². The smallest absolute Gasteiger partial charge is 0.291 e. The quantitative estimate of drug-likeness (QED) is 0.114. The molecular weight excluding hydrogens is 804 g/mol. The van der Waals surface area contributed by atoms with Gasteiger partial charge in [-0.3, -0.25) is 0 Å². The predicted molar refractivity (Wildman–Crippen MR) is 254 cm³/mol. The Hall–Kier alpha value is -6.92. The van der Waals surface area contributed by atoms with E-state index in [1.807, 2.05) is 98.0 Å². The molecule has 9 rings (SSSR count). The number of fused-ring (bicyclic) bond motifs is 3. The monoisotopic (exact) mass is 845 g/mol. The van der Waals surface area contributed by atoms with Crippen LogP contribution in [0.5, 0.6) is 11.5 Å². The minimum Gasteiger partial charge on any atom is -0.493 e. The van der Waals surface area contributed by atoms with Crippen LogP contribution in [0, 0.1) is 34.5 Å². The lowest BCUT2D eigenvalue weighted by molar-refractivity contribution is 0.271. The van der Waals surface area contributed by atoms with Crippen LogP contribution in [0.2, 0.25) is 0 Å². The van der Waals surface area contributed by atoms with Gasteiger partial charge in [0, 0.05) is 23.5 Å². The van der Waals surface area contributed by atoms with E-state index in [0.717, 1.165) is 70.7 Å². The third-order valence-corrected chi connectivity index (χ3v) is 12.7. The Bertz CT molecular complexity index is 3240. The summed E-state index contributed by atoms with van der Waals surface area (Å²) in [7, 11) is 4.09. The number of para-hydroxylation sites is 2. The number of rotatable bonds is 12. The lowest BCUT2D eigenvalue weighted by Gasteiger charge is -2.14. The summed E-state index contributed by atoms with van der Waals surface area (Å²) in [6.07, 6.45) is 0. The molecule has 0 atom stereocenters. The van der Waals surface area contributed by atoms with Crippen LogP contribution >= 0.6 is 22.7 Å². The first-order valence-electron chi connectivity index (χ1n) is 20.6. The van der Waals surface area contributed by atoms with Gasteiger partial charge in [-0.2, -0.15) is 10.5 Å². The van der Waals surface area contributed by atoms with Crippen molar-refractivity contribution in [1.29, 1.82) is 10.5 Å². The van der Waals surface area contributed by atoms with Crippen molar-refractivity contribution in [3.63, 3.8) is 0 Å². The number of benzene rings is 5. The summed E-state index contributed by atoms with van der Waals surface area (Å²) >= 11 is 2.99. The van der Waals surface area contributed by atoms with E-state index >= 15 is 0 Å². The van der Waals surface area contributed by atoms with Gasteiger partial charge in [-0.05, 0) is 95.8 Å². The summed E-state index contributed by atoms with van der Waals surface area (Å²) in [5.41, 5.74) is 6.85. The minimum absolute atomic E-state index is 0.362. The molecule has 0 saturated carbocycles. The molecule has 0 saturated heterocycles. The summed E-state index contributed by atoms with van der Waals surface area (Å²) in [5, 5.41) is 27.0. The Kier molecular flexibility index (Phi) is 11.2. The zero-order valence-corrected chi connectivity index (χ0v) is 36.7. The lowest BCUT2D eigenvalue weighted by Crippen LogP contribution is -2.33. The summed E-state index contributed by atoms with van der Waals surface area (Å²) in [5.74, 6) is 2.25. The van der Waals surface area contributed by atoms with Gasteiger partial charge in [-0.25, -0.2) is 9.97 Å². The number of hydrogen-bond donors (Lipinski definition) is 0. The Balaban J connectivity index is 1.49. The number of ether oxygens (including phenoxy) is 2. The van der Waals surface area contributed by atoms with Crippen molar-refractivity contribution in [2.24, 2.45) is 18.9 Å². The largest absolute Gasteiger partial charge is 0.493 e. The molecule has 303 valence electrons. The Labute approximate surface area is 369 Å². The minimum atomic E-state index is 0.362. The Morgan fingerprint density at radius 1 is 0.597 bits per heavy atom. The summed E-state index contributed by atoms with van der Waals surface area (Å²) in [6.45, 7) is 9.69. The van der Waals surface area contributed by atoms with Gasteiger partial charge >= 0.3 is 0 Å². The molecule has 0 bridgehead atoms. The van der Waals surface area contributed by atoms with E-state index in [4.69, 9.17) is 19.4 Å². The first kappa shape index (κ1) is 40.5. The molecule has 5 aromatic carbocycles. The molecule has 0 amide bonds. The maximum atomic E-state index is 11.5. The number of nitriles is 2. The van der Waals surface area contributed by atoms with E-state index in [0.29, 0.717) is 56.9 Å². The van der Waals surface area contributed by atoms with E-state index in [1.54, 1.807) is 0 Å². The van der Waals surface area contributed by atoms with E-state index in [9.17, 15) is 10.5 Å². The average Bonchev–Trinajstić information content (AvgIpc) is 4.05. The molecule has 0 aliphatic carbocycles. The highest BCUT2D eigenvalue weighted by Crippen LogP contribution is 2.37. The zero-order valence-electron chi connectivity index (χ0n) is 35.1. The average molecular weight is 846 g/mol. The van der Waals surface area contributed by atoms with Gasteiger partial charge < -0.3 is 18.5 Å². The van der Waals surface area contributed by atoms with Gasteiger partial charge in [0.05, 0.1) is 50.0 Å². The third kappa shape index (κ3) is 7.66. The maximum Gasteiger partial charge on any atom is 0.291 e. The highest BCUT2D eigenvalue weighted by molar-refractivity contribution is 7.20. The topological polar surface area (TPSA) is 102 Å². The van der Waals surface area contributed by atoms with Crippen molar-refractivity contribution < 1.29 is 9.47 Å². The van der Waals surface area contributed by atoms with E-state index in [2.05, 4.69) is 92.7 Å². The van der Waals surface area contributed by atoms with Crippen molar-refractivity contribution in [3.8, 4) is 46.2 Å². The van der Waals surface area contributed by atoms with Crippen molar-refractivity contribution in [1.82, 2.24) is 19.0 Å². The van der Waals surface area contributed by atoms with Crippen molar-refractivity contribution in [2.45, 2.75) is 27.7 Å². The molecule has 1 radical (unpaired) electrons. The lowest BCUT2D eigenvalue weighted by atomic mass is 9.81. The molecule has 4 aromatic heterocycles. The second kappa shape index (κ2) is 17.2. The van der Waals surface area contributed by atoms with Crippen LogP contribution in [-0.2, 0) is 7.05 Å². The van der Waals surface area contributed by atoms with Crippen LogP contribution in [0.15, 0.2) is 127 Å². The highest BCUT2D eigenvalue weighted by Gasteiger charge is 2.29. The fraction of sp³-hybridized carbons (Fsp3) is 0.176. The Morgan fingerprint density at radius 3 is 1.53 bits per heavy atom. The predicted octanol–water partition coefficient (Wildman–Crippen LogP) is 9.84. The summed E-state index contributed by atoms with van der Waals surface area (Å²) in [6, 6.07) is 47.5. The summed E-state index contributed by atoms with van der Waals surface area (Å²) in [4.78, 5) is 10.1. The van der Waals surface area contributed by atoms with Crippen LogP contribution in [0.4, 0.5) is 0 Å². The van der Waals surface area contributed by atoms with E-state index in [-0.39, 0.29) is 0 Å². The number of aromatic nitrogens is 4. The molecule has 0 unspecified atom stereocenters. The van der Waals surface area contributed by atoms with Gasteiger partial charge in [0.2, 0.25) is 0 Å². The standard InChI is InChI=1S/C51H42BN6O2S2/c1-31(2)29-59-36-23-19-33(20-24-36)46-44-45(48(57(46)5)38(27-53)50-55-40-15-9-11-17-42(40)61-50)47(34-21-25-37(26-22-34)60-30-32(3)4)58(52-35-13-7-6-8-14-35)49(44)39(28-54)51-56-41-16-10-12-18-43(41)62-51/h6-26,31-32H,29-30H2,1-5H3/b48-38-,49-39-. The SMILES string of the molecule is CC(C)COc1ccc(-c2c3/c(=C(\C#N)c4nc5ccccc5s4)n([B]c4ccccc4)c(-c4ccc(OCC(C)C)cc4)c3/c(=C(\C#N)c3nc4ccccc4s3)n2C)cc1. The number of nitrogens with zero attached hydrogens (tertiary/aromatic N) is 6. The van der Waals surface area contributed by atoms with Crippen LogP contribution in [-0.4, -0.2) is 39.6 Å². The van der Waals surface area contributed by atoms with Crippen LogP contribution in [0.3, 0.4) is 0 Å². The first-order valence-corrected chi connectivity index (χ1v) is 22.2. The second-order valence-electron chi connectivity index (χ2n) is 16.0. The zero-order chi connectivity index (χ0) is 42.9. The van der Waals surface area contributed by atoms with Crippen molar-refractivity contribution in [2.75, 3.05) is 13.2 Å². The molecule has 4 heterocycles. The first-order chi connectivity index (χ1) is 30.2. The molecule has 11 heteroatoms. The molecule has 0 fully saturated rings. The fourth-order valence-electron chi connectivity index (χ4n) is 7.78. The van der Waals surface area contributed by atoms with Crippen LogP contribution in [0.1, 0.15) is 37.7 Å². The molecule has 0 aliphatic rings. The van der Waals surface area contributed by atoms with Gasteiger partial charge in [-0.1, -0.05) is 87.8 Å². The second-order valence-corrected chi connectivity index (χ2v) is 18.1.